The molecule has 0 aromatic carbocycles. The molecule has 9 nitrogen and oxygen atoms in total. The van der Waals surface area contributed by atoms with Crippen LogP contribution in [0, 0.1) is 6.92 Å². The first kappa shape index (κ1) is 15.9. The van der Waals surface area contributed by atoms with Gasteiger partial charge in [-0.15, -0.1) is 0 Å². The third kappa shape index (κ3) is 2.98. The Balaban J connectivity index is 1.17. The molecule has 3 aromatic heterocycles. The van der Waals surface area contributed by atoms with Crippen LogP contribution >= 0.6 is 0 Å². The van der Waals surface area contributed by atoms with E-state index in [-0.39, 0.29) is 6.10 Å². The van der Waals surface area contributed by atoms with E-state index in [1.165, 1.54) is 5.56 Å². The lowest BCUT2D eigenvalue weighted by atomic mass is 10.0. The number of fused-ring (bicyclic) bond motifs is 1. The minimum absolute atomic E-state index is 0.120. The molecule has 5 rings (SSSR count). The summed E-state index contributed by atoms with van der Waals surface area (Å²) in [6.07, 6.45) is 5.64. The van der Waals surface area contributed by atoms with Gasteiger partial charge in [0.05, 0.1) is 12.8 Å². The van der Waals surface area contributed by atoms with Gasteiger partial charge in [0.15, 0.2) is 11.5 Å². The Labute approximate surface area is 150 Å². The molecule has 0 radical (unpaired) electrons. The summed E-state index contributed by atoms with van der Waals surface area (Å²) in [5.41, 5.74) is 2.06. The molecule has 2 fully saturated rings. The fraction of sp³-hybridized carbons (Fsp3) is 0.529. The Kier molecular flexibility index (Phi) is 3.92. The smallest absolute Gasteiger partial charge is 0.257 e. The van der Waals surface area contributed by atoms with Gasteiger partial charge in [0.25, 0.3) is 5.89 Å². The molecule has 0 spiro atoms. The number of aromatic nitrogens is 5. The lowest BCUT2D eigenvalue weighted by Gasteiger charge is -2.47. The lowest BCUT2D eigenvalue weighted by Crippen LogP contribution is -2.61. The molecule has 0 saturated carbocycles. The second-order valence-corrected chi connectivity index (χ2v) is 6.98. The zero-order valence-corrected chi connectivity index (χ0v) is 14.7. The number of hydrogen-bond donors (Lipinski definition) is 0. The minimum atomic E-state index is -0.120. The predicted molar refractivity (Wildman–Crippen MR) is 91.4 cm³/mol. The maximum absolute atomic E-state index is 5.81. The quantitative estimate of drug-likeness (QED) is 0.675. The van der Waals surface area contributed by atoms with Crippen molar-refractivity contribution >= 4 is 5.65 Å². The Hall–Kier alpha value is -2.36. The molecule has 1 unspecified atom stereocenters. The van der Waals surface area contributed by atoms with E-state index in [2.05, 4.69) is 36.2 Å². The van der Waals surface area contributed by atoms with E-state index in [1.54, 1.807) is 6.20 Å². The van der Waals surface area contributed by atoms with Crippen LogP contribution in [0.15, 0.2) is 29.2 Å². The topological polar surface area (TPSA) is 84.8 Å². The summed E-state index contributed by atoms with van der Waals surface area (Å²) < 4.78 is 12.9. The molecule has 0 bridgehead atoms. The number of rotatable bonds is 4. The highest BCUT2D eigenvalue weighted by atomic mass is 16.5. The summed E-state index contributed by atoms with van der Waals surface area (Å²) in [6, 6.07) is 2.45. The molecule has 2 saturated heterocycles. The van der Waals surface area contributed by atoms with Crippen molar-refractivity contribution < 1.29 is 9.26 Å². The maximum atomic E-state index is 5.81. The number of nitrogens with zero attached hydrogens (tertiary/aromatic N) is 7. The first-order valence-electron chi connectivity index (χ1n) is 8.91. The van der Waals surface area contributed by atoms with E-state index in [0.29, 0.717) is 24.4 Å². The highest BCUT2D eigenvalue weighted by molar-refractivity contribution is 5.35. The van der Waals surface area contributed by atoms with E-state index in [9.17, 15) is 0 Å². The summed E-state index contributed by atoms with van der Waals surface area (Å²) in [5.74, 6) is 1.24. The van der Waals surface area contributed by atoms with Gasteiger partial charge in [0.1, 0.15) is 6.10 Å². The SMILES string of the molecule is Cc1noc(C2CN(C3CN(Cc4cnc5ccnn5c4)C3)CCO2)n1. The molecule has 1 atom stereocenters. The van der Waals surface area contributed by atoms with Crippen LogP contribution in [-0.2, 0) is 11.3 Å². The zero-order valence-electron chi connectivity index (χ0n) is 14.7. The van der Waals surface area contributed by atoms with Gasteiger partial charge in [-0.3, -0.25) is 9.80 Å². The number of morpholine rings is 1. The second-order valence-electron chi connectivity index (χ2n) is 6.98. The molecule has 0 amide bonds. The molecular formula is C17H21N7O2. The molecule has 0 aliphatic carbocycles. The maximum Gasteiger partial charge on any atom is 0.257 e. The molecular weight excluding hydrogens is 334 g/mol. The average Bonchev–Trinajstić information content (AvgIpc) is 3.26. The Morgan fingerprint density at radius 2 is 2.19 bits per heavy atom. The van der Waals surface area contributed by atoms with Crippen molar-refractivity contribution in [3.63, 3.8) is 0 Å². The van der Waals surface area contributed by atoms with Gasteiger partial charge in [0.2, 0.25) is 0 Å². The summed E-state index contributed by atoms with van der Waals surface area (Å²) in [6.45, 7) is 7.27. The first-order valence-corrected chi connectivity index (χ1v) is 8.91. The summed E-state index contributed by atoms with van der Waals surface area (Å²) in [4.78, 5) is 13.6. The number of aryl methyl sites for hydroxylation is 1. The fourth-order valence-electron chi connectivity index (χ4n) is 3.69. The van der Waals surface area contributed by atoms with E-state index < -0.39 is 0 Å². The van der Waals surface area contributed by atoms with E-state index in [0.717, 1.165) is 38.4 Å². The standard InChI is InChI=1S/C17H21N7O2/c1-12-20-17(26-21-12)15-11-23(4-5-25-15)14-9-22(10-14)7-13-6-18-16-2-3-19-24(16)8-13/h2-3,6,8,14-15H,4-5,7,9-11H2,1H3. The van der Waals surface area contributed by atoms with Crippen molar-refractivity contribution in [3.05, 3.63) is 41.9 Å². The molecule has 5 heterocycles. The van der Waals surface area contributed by atoms with Crippen molar-refractivity contribution in [2.45, 2.75) is 25.6 Å². The highest BCUT2D eigenvalue weighted by Crippen LogP contribution is 2.25. The van der Waals surface area contributed by atoms with Gasteiger partial charge in [-0.25, -0.2) is 9.50 Å². The number of hydrogen-bond acceptors (Lipinski definition) is 8. The van der Waals surface area contributed by atoms with Gasteiger partial charge < -0.3 is 9.26 Å². The monoisotopic (exact) mass is 355 g/mol. The molecule has 136 valence electrons. The van der Waals surface area contributed by atoms with Gasteiger partial charge in [-0.1, -0.05) is 5.16 Å². The molecule has 3 aromatic rings. The van der Waals surface area contributed by atoms with Gasteiger partial charge >= 0.3 is 0 Å². The third-order valence-corrected chi connectivity index (χ3v) is 5.08. The van der Waals surface area contributed by atoms with E-state index in [1.807, 2.05) is 23.7 Å². The first-order chi connectivity index (χ1) is 12.7. The number of likely N-dealkylation sites (tertiary alicyclic amines) is 1. The minimum Gasteiger partial charge on any atom is -0.366 e. The Morgan fingerprint density at radius 1 is 1.27 bits per heavy atom. The van der Waals surface area contributed by atoms with Crippen LogP contribution in [0.3, 0.4) is 0 Å². The normalized spacial score (nSPS) is 22.7. The average molecular weight is 355 g/mol. The van der Waals surface area contributed by atoms with E-state index in [4.69, 9.17) is 9.26 Å². The fourth-order valence-corrected chi connectivity index (χ4v) is 3.69. The van der Waals surface area contributed by atoms with Crippen LogP contribution in [0.25, 0.3) is 5.65 Å². The van der Waals surface area contributed by atoms with Gasteiger partial charge in [-0.05, 0) is 6.92 Å². The largest absolute Gasteiger partial charge is 0.366 e. The van der Waals surface area contributed by atoms with Crippen LogP contribution in [-0.4, -0.2) is 73.4 Å². The third-order valence-electron chi connectivity index (χ3n) is 5.08. The number of ether oxygens (including phenoxy) is 1. The van der Waals surface area contributed by atoms with Crippen LogP contribution in [0.4, 0.5) is 0 Å². The predicted octanol–water partition coefficient (Wildman–Crippen LogP) is 0.678. The Morgan fingerprint density at radius 3 is 3.04 bits per heavy atom. The molecule has 26 heavy (non-hydrogen) atoms. The van der Waals surface area contributed by atoms with E-state index >= 15 is 0 Å². The van der Waals surface area contributed by atoms with Crippen molar-refractivity contribution in [1.29, 1.82) is 0 Å². The van der Waals surface area contributed by atoms with Crippen molar-refractivity contribution in [2.75, 3.05) is 32.8 Å². The molecule has 9 heteroatoms. The van der Waals surface area contributed by atoms with Crippen LogP contribution in [0.1, 0.15) is 23.4 Å². The summed E-state index contributed by atoms with van der Waals surface area (Å²) in [5, 5.41) is 8.12. The Bertz CT molecular complexity index is 901. The summed E-state index contributed by atoms with van der Waals surface area (Å²) in [7, 11) is 0. The molecule has 0 N–H and O–H groups in total. The van der Waals surface area contributed by atoms with Crippen LogP contribution in [0.5, 0.6) is 0 Å². The highest BCUT2D eigenvalue weighted by Gasteiger charge is 2.36. The van der Waals surface area contributed by atoms with Crippen molar-refractivity contribution in [1.82, 2.24) is 34.5 Å². The zero-order chi connectivity index (χ0) is 17.5. The van der Waals surface area contributed by atoms with Crippen LogP contribution in [0.2, 0.25) is 0 Å². The second kappa shape index (κ2) is 6.42. The van der Waals surface area contributed by atoms with Gasteiger partial charge in [0, 0.05) is 62.8 Å². The molecule has 2 aliphatic heterocycles. The summed E-state index contributed by atoms with van der Waals surface area (Å²) >= 11 is 0. The van der Waals surface area contributed by atoms with Crippen LogP contribution < -0.4 is 0 Å². The van der Waals surface area contributed by atoms with Gasteiger partial charge in [-0.2, -0.15) is 10.1 Å². The lowest BCUT2D eigenvalue weighted by molar-refractivity contribution is -0.0843. The van der Waals surface area contributed by atoms with Crippen molar-refractivity contribution in [3.8, 4) is 0 Å². The molecule has 2 aliphatic rings. The van der Waals surface area contributed by atoms with Crippen molar-refractivity contribution in [2.24, 2.45) is 0 Å².